The van der Waals surface area contributed by atoms with Crippen LogP contribution in [-0.2, 0) is 6.42 Å². The highest BCUT2D eigenvalue weighted by atomic mass is 19.1. The van der Waals surface area contributed by atoms with Gasteiger partial charge < -0.3 is 10.6 Å². The van der Waals surface area contributed by atoms with Crippen molar-refractivity contribution < 1.29 is 4.39 Å². The predicted octanol–water partition coefficient (Wildman–Crippen LogP) is 3.34. The summed E-state index contributed by atoms with van der Waals surface area (Å²) in [6, 6.07) is 5.56. The standard InChI is InChI=1S/C16H25FN2/c1-3-16(4-2)8-10-19(12-16)15-6-5-13(7-9-18)11-14(15)17/h5-6,11H,3-4,7-10,12,18H2,1-2H3. The summed E-state index contributed by atoms with van der Waals surface area (Å²) in [5.74, 6) is -0.103. The first-order chi connectivity index (χ1) is 9.14. The highest BCUT2D eigenvalue weighted by Crippen LogP contribution is 2.39. The molecule has 2 N–H and O–H groups in total. The highest BCUT2D eigenvalue weighted by molar-refractivity contribution is 5.50. The van der Waals surface area contributed by atoms with E-state index in [2.05, 4.69) is 18.7 Å². The maximum Gasteiger partial charge on any atom is 0.146 e. The van der Waals surface area contributed by atoms with Gasteiger partial charge in [-0.25, -0.2) is 4.39 Å². The smallest absolute Gasteiger partial charge is 0.146 e. The third-order valence-electron chi connectivity index (χ3n) is 4.72. The zero-order chi connectivity index (χ0) is 13.9. The summed E-state index contributed by atoms with van der Waals surface area (Å²) < 4.78 is 14.2. The Bertz CT molecular complexity index is 427. The van der Waals surface area contributed by atoms with Crippen molar-refractivity contribution in [1.29, 1.82) is 0 Å². The molecular formula is C16H25FN2. The summed E-state index contributed by atoms with van der Waals surface area (Å²) in [5.41, 5.74) is 7.63. The van der Waals surface area contributed by atoms with Crippen LogP contribution in [0.15, 0.2) is 18.2 Å². The number of anilines is 1. The van der Waals surface area contributed by atoms with E-state index in [1.54, 1.807) is 6.07 Å². The van der Waals surface area contributed by atoms with Crippen LogP contribution in [0.4, 0.5) is 10.1 Å². The Morgan fingerprint density at radius 3 is 2.58 bits per heavy atom. The lowest BCUT2D eigenvalue weighted by molar-refractivity contribution is 0.301. The van der Waals surface area contributed by atoms with E-state index < -0.39 is 0 Å². The van der Waals surface area contributed by atoms with Gasteiger partial charge in [0.1, 0.15) is 5.82 Å². The van der Waals surface area contributed by atoms with Crippen LogP contribution in [0.2, 0.25) is 0 Å². The van der Waals surface area contributed by atoms with Gasteiger partial charge in [-0.1, -0.05) is 19.9 Å². The van der Waals surface area contributed by atoms with E-state index in [9.17, 15) is 4.39 Å². The van der Waals surface area contributed by atoms with Gasteiger partial charge in [-0.2, -0.15) is 0 Å². The van der Waals surface area contributed by atoms with Gasteiger partial charge in [0.05, 0.1) is 5.69 Å². The number of rotatable bonds is 5. The van der Waals surface area contributed by atoms with Crippen LogP contribution in [0.1, 0.15) is 38.7 Å². The first-order valence-electron chi connectivity index (χ1n) is 7.37. The van der Waals surface area contributed by atoms with E-state index in [0.29, 0.717) is 12.0 Å². The second-order valence-electron chi connectivity index (χ2n) is 5.70. The number of halogens is 1. The Morgan fingerprint density at radius 2 is 2.05 bits per heavy atom. The maximum atomic E-state index is 14.2. The predicted molar refractivity (Wildman–Crippen MR) is 79.0 cm³/mol. The number of benzene rings is 1. The molecule has 1 aliphatic rings. The van der Waals surface area contributed by atoms with Crippen molar-refractivity contribution >= 4 is 5.69 Å². The van der Waals surface area contributed by atoms with E-state index in [0.717, 1.165) is 30.8 Å². The Balaban J connectivity index is 2.15. The van der Waals surface area contributed by atoms with Gasteiger partial charge in [0.15, 0.2) is 0 Å². The molecule has 106 valence electrons. The largest absolute Gasteiger partial charge is 0.369 e. The van der Waals surface area contributed by atoms with Gasteiger partial charge in [-0.3, -0.25) is 0 Å². The summed E-state index contributed by atoms with van der Waals surface area (Å²) in [5, 5.41) is 0. The van der Waals surface area contributed by atoms with Gasteiger partial charge in [0.25, 0.3) is 0 Å². The molecule has 0 unspecified atom stereocenters. The van der Waals surface area contributed by atoms with Gasteiger partial charge in [-0.15, -0.1) is 0 Å². The molecule has 1 aromatic rings. The molecule has 0 aromatic heterocycles. The fourth-order valence-corrected chi connectivity index (χ4v) is 3.10. The third-order valence-corrected chi connectivity index (χ3v) is 4.72. The van der Waals surface area contributed by atoms with Crippen LogP contribution >= 0.6 is 0 Å². The molecule has 1 heterocycles. The Labute approximate surface area is 115 Å². The van der Waals surface area contributed by atoms with Crippen molar-refractivity contribution in [1.82, 2.24) is 0 Å². The summed E-state index contributed by atoms with van der Waals surface area (Å²) in [6.45, 7) is 7.00. The zero-order valence-electron chi connectivity index (χ0n) is 12.1. The van der Waals surface area contributed by atoms with E-state index in [1.807, 2.05) is 12.1 Å². The van der Waals surface area contributed by atoms with Crippen LogP contribution < -0.4 is 10.6 Å². The van der Waals surface area contributed by atoms with Crippen LogP contribution in [0.25, 0.3) is 0 Å². The third kappa shape index (κ3) is 2.92. The van der Waals surface area contributed by atoms with E-state index >= 15 is 0 Å². The molecule has 0 radical (unpaired) electrons. The van der Waals surface area contributed by atoms with Crippen LogP contribution in [-0.4, -0.2) is 19.6 Å². The van der Waals surface area contributed by atoms with Gasteiger partial charge in [0, 0.05) is 13.1 Å². The topological polar surface area (TPSA) is 29.3 Å². The second-order valence-corrected chi connectivity index (χ2v) is 5.70. The number of nitrogens with zero attached hydrogens (tertiary/aromatic N) is 1. The van der Waals surface area contributed by atoms with Crippen molar-refractivity contribution in [2.75, 3.05) is 24.5 Å². The average molecular weight is 264 g/mol. The summed E-state index contributed by atoms with van der Waals surface area (Å²) in [7, 11) is 0. The Morgan fingerprint density at radius 1 is 1.32 bits per heavy atom. The fraction of sp³-hybridized carbons (Fsp3) is 0.625. The summed E-state index contributed by atoms with van der Waals surface area (Å²) in [4.78, 5) is 2.20. The van der Waals surface area contributed by atoms with E-state index in [1.165, 1.54) is 19.3 Å². The van der Waals surface area contributed by atoms with Crippen LogP contribution in [0.3, 0.4) is 0 Å². The lowest BCUT2D eigenvalue weighted by Gasteiger charge is -2.27. The molecule has 3 heteroatoms. The molecule has 0 atom stereocenters. The minimum atomic E-state index is -0.103. The van der Waals surface area contributed by atoms with Crippen molar-refractivity contribution in [3.8, 4) is 0 Å². The Kier molecular flexibility index (Phi) is 4.46. The van der Waals surface area contributed by atoms with Gasteiger partial charge in [0.2, 0.25) is 0 Å². The lowest BCUT2D eigenvalue weighted by Crippen LogP contribution is -2.26. The molecule has 1 fully saturated rings. The molecule has 2 nitrogen and oxygen atoms in total. The number of hydrogen-bond donors (Lipinski definition) is 1. The van der Waals surface area contributed by atoms with E-state index in [4.69, 9.17) is 5.73 Å². The molecule has 1 aromatic carbocycles. The molecule has 2 rings (SSSR count). The molecule has 0 saturated carbocycles. The van der Waals surface area contributed by atoms with Gasteiger partial charge >= 0.3 is 0 Å². The molecule has 0 aliphatic carbocycles. The van der Waals surface area contributed by atoms with Gasteiger partial charge in [-0.05, 0) is 55.3 Å². The molecular weight excluding hydrogens is 239 g/mol. The minimum absolute atomic E-state index is 0.103. The monoisotopic (exact) mass is 264 g/mol. The van der Waals surface area contributed by atoms with Crippen molar-refractivity contribution in [2.24, 2.45) is 11.1 Å². The molecule has 1 aliphatic heterocycles. The second kappa shape index (κ2) is 5.91. The normalized spacial score (nSPS) is 18.0. The zero-order valence-corrected chi connectivity index (χ0v) is 12.1. The average Bonchev–Trinajstić information content (AvgIpc) is 2.84. The summed E-state index contributed by atoms with van der Waals surface area (Å²) >= 11 is 0. The summed E-state index contributed by atoms with van der Waals surface area (Å²) in [6.07, 6.45) is 4.26. The van der Waals surface area contributed by atoms with Crippen molar-refractivity contribution in [2.45, 2.75) is 39.5 Å². The van der Waals surface area contributed by atoms with Crippen molar-refractivity contribution in [3.05, 3.63) is 29.6 Å². The maximum absolute atomic E-state index is 14.2. The number of hydrogen-bond acceptors (Lipinski definition) is 2. The lowest BCUT2D eigenvalue weighted by atomic mass is 9.82. The molecule has 0 bridgehead atoms. The van der Waals surface area contributed by atoms with Crippen molar-refractivity contribution in [3.63, 3.8) is 0 Å². The first kappa shape index (κ1) is 14.3. The number of nitrogens with two attached hydrogens (primary N) is 1. The molecule has 0 spiro atoms. The van der Waals surface area contributed by atoms with E-state index in [-0.39, 0.29) is 5.82 Å². The minimum Gasteiger partial charge on any atom is -0.369 e. The molecule has 1 saturated heterocycles. The van der Waals surface area contributed by atoms with Crippen LogP contribution in [0.5, 0.6) is 0 Å². The SMILES string of the molecule is CCC1(CC)CCN(c2ccc(CCN)cc2F)C1. The molecule has 19 heavy (non-hydrogen) atoms. The fourth-order valence-electron chi connectivity index (χ4n) is 3.10. The van der Waals surface area contributed by atoms with Crippen LogP contribution in [0, 0.1) is 11.2 Å². The quantitative estimate of drug-likeness (QED) is 0.883. The highest BCUT2D eigenvalue weighted by Gasteiger charge is 2.35. The first-order valence-corrected chi connectivity index (χ1v) is 7.37. The Hall–Kier alpha value is -1.09. The molecule has 0 amide bonds.